The lowest BCUT2D eigenvalue weighted by Crippen LogP contribution is -2.51. The summed E-state index contributed by atoms with van der Waals surface area (Å²) < 4.78 is 20.3. The van der Waals surface area contributed by atoms with Gasteiger partial charge in [-0.05, 0) is 60.0 Å². The van der Waals surface area contributed by atoms with E-state index in [-0.39, 0.29) is 36.0 Å². The van der Waals surface area contributed by atoms with Crippen molar-refractivity contribution in [3.8, 4) is 11.5 Å². The van der Waals surface area contributed by atoms with E-state index in [9.17, 15) is 9.90 Å². The Morgan fingerprint density at radius 2 is 1.75 bits per heavy atom. The van der Waals surface area contributed by atoms with Crippen LogP contribution >= 0.6 is 0 Å². The highest BCUT2D eigenvalue weighted by Crippen LogP contribution is 2.60. The zero-order valence-corrected chi connectivity index (χ0v) is 31.5. The van der Waals surface area contributed by atoms with Crippen molar-refractivity contribution in [3.05, 3.63) is 89.7 Å². The van der Waals surface area contributed by atoms with Crippen LogP contribution < -0.4 is 29.8 Å². The Kier molecular flexibility index (Phi) is 9.96. The summed E-state index contributed by atoms with van der Waals surface area (Å²) >= 11 is 0. The Labute approximate surface area is 305 Å². The molecule has 2 amide bonds. The predicted molar refractivity (Wildman–Crippen MR) is 201 cm³/mol. The molecule has 3 aromatic carbocycles. The number of amides is 2. The molecular formula is C39H48N6O6Si. The summed E-state index contributed by atoms with van der Waals surface area (Å²) in [5, 5.41) is 22.3. The number of carbonyl (C=O) groups is 2. The second-order valence-corrected chi connectivity index (χ2v) is 19.2. The summed E-state index contributed by atoms with van der Waals surface area (Å²) in [6.45, 7) is 9.54. The molecule has 2 saturated heterocycles. The second kappa shape index (κ2) is 14.5. The van der Waals surface area contributed by atoms with E-state index >= 15 is 4.79 Å². The number of nitrogens with one attached hydrogen (secondary N) is 1. The lowest BCUT2D eigenvalue weighted by atomic mass is 9.82. The fourth-order valence-corrected chi connectivity index (χ4v) is 12.7. The largest absolute Gasteiger partial charge is 0.497 e. The van der Waals surface area contributed by atoms with Crippen LogP contribution in [0.1, 0.15) is 30.2 Å². The van der Waals surface area contributed by atoms with Crippen molar-refractivity contribution in [3.63, 3.8) is 0 Å². The molecule has 4 atom stereocenters. The zero-order chi connectivity index (χ0) is 36.6. The first kappa shape index (κ1) is 35.8. The van der Waals surface area contributed by atoms with Crippen molar-refractivity contribution in [2.24, 2.45) is 5.92 Å². The first-order valence-corrected chi connectivity index (χ1v) is 21.1. The van der Waals surface area contributed by atoms with Crippen LogP contribution in [0, 0.1) is 5.92 Å². The number of hydrogen-bond donors (Lipinski definition) is 2. The highest BCUT2D eigenvalue weighted by molar-refractivity contribution is 6.91. The number of ether oxygens (including phenoxy) is 3. The van der Waals surface area contributed by atoms with Crippen molar-refractivity contribution < 1.29 is 28.9 Å². The highest BCUT2D eigenvalue weighted by Gasteiger charge is 2.66. The summed E-state index contributed by atoms with van der Waals surface area (Å²) in [5.41, 5.74) is 3.00. The van der Waals surface area contributed by atoms with Gasteiger partial charge in [0.05, 0.1) is 52.9 Å². The maximum Gasteiger partial charge on any atom is 0.264 e. The molecule has 274 valence electrons. The Morgan fingerprint density at radius 1 is 1.02 bits per heavy atom. The summed E-state index contributed by atoms with van der Waals surface area (Å²) in [4.78, 5) is 31.4. The fraction of sp³-hybridized carbons (Fsp3) is 0.436. The van der Waals surface area contributed by atoms with Crippen LogP contribution in [-0.4, -0.2) is 86.6 Å². The minimum absolute atomic E-state index is 0.00957. The van der Waals surface area contributed by atoms with Gasteiger partial charge in [0.2, 0.25) is 5.91 Å². The quantitative estimate of drug-likeness (QED) is 0.211. The van der Waals surface area contributed by atoms with E-state index < -0.39 is 13.7 Å². The molecule has 3 aliphatic heterocycles. The van der Waals surface area contributed by atoms with E-state index in [4.69, 9.17) is 14.2 Å². The van der Waals surface area contributed by atoms with Crippen LogP contribution in [0.2, 0.25) is 18.6 Å². The van der Waals surface area contributed by atoms with E-state index in [1.54, 1.807) is 23.8 Å². The molecule has 0 bridgehead atoms. The lowest BCUT2D eigenvalue weighted by molar-refractivity contribution is -0.146. The maximum absolute atomic E-state index is 15.2. The van der Waals surface area contributed by atoms with Crippen molar-refractivity contribution >= 4 is 36.4 Å². The van der Waals surface area contributed by atoms with E-state index in [0.29, 0.717) is 44.8 Å². The molecule has 1 spiro atoms. The molecule has 0 saturated carbocycles. The van der Waals surface area contributed by atoms with Crippen molar-refractivity contribution in [2.45, 2.75) is 63.2 Å². The molecule has 2 N–H and O–H groups in total. The number of aliphatic hydroxyl groups is 1. The van der Waals surface area contributed by atoms with Gasteiger partial charge in [0, 0.05) is 56.0 Å². The number of carbonyl (C=O) groups excluding carboxylic acids is 2. The number of fused-ring (bicyclic) bond motifs is 2. The van der Waals surface area contributed by atoms with Crippen LogP contribution in [0.25, 0.3) is 0 Å². The van der Waals surface area contributed by atoms with Crippen molar-refractivity contribution in [1.29, 1.82) is 0 Å². The molecule has 7 rings (SSSR count). The average Bonchev–Trinajstić information content (AvgIpc) is 3.81. The second-order valence-electron chi connectivity index (χ2n) is 14.6. The predicted octanol–water partition coefficient (Wildman–Crippen LogP) is 3.62. The smallest absolute Gasteiger partial charge is 0.264 e. The van der Waals surface area contributed by atoms with E-state index in [1.165, 1.54) is 5.19 Å². The first-order chi connectivity index (χ1) is 25.1. The summed E-state index contributed by atoms with van der Waals surface area (Å²) in [7, 11) is 0.969. The molecule has 3 aliphatic rings. The molecular weight excluding hydrogens is 677 g/mol. The molecule has 4 aromatic rings. The molecule has 12 nitrogen and oxygen atoms in total. The summed E-state index contributed by atoms with van der Waals surface area (Å²) in [6.07, 6.45) is 2.68. The van der Waals surface area contributed by atoms with E-state index in [0.717, 1.165) is 40.5 Å². The van der Waals surface area contributed by atoms with Crippen molar-refractivity contribution in [2.75, 3.05) is 50.3 Å². The number of nitrogens with zero attached hydrogens (tertiary/aromatic N) is 5. The van der Waals surface area contributed by atoms with Crippen molar-refractivity contribution in [1.82, 2.24) is 20.3 Å². The number of aryl methyl sites for hydroxylation is 1. The Bertz CT molecular complexity index is 1920. The normalized spacial score (nSPS) is 23.1. The molecule has 0 aliphatic carbocycles. The van der Waals surface area contributed by atoms with Crippen LogP contribution in [0.5, 0.6) is 11.5 Å². The number of methoxy groups -OCH3 is 2. The third-order valence-corrected chi connectivity index (χ3v) is 15.7. The van der Waals surface area contributed by atoms with Crippen LogP contribution in [0.3, 0.4) is 0 Å². The Hall–Kier alpha value is -4.56. The fourth-order valence-electron chi connectivity index (χ4n) is 8.63. The van der Waals surface area contributed by atoms with Gasteiger partial charge >= 0.3 is 0 Å². The number of rotatable bonds is 12. The van der Waals surface area contributed by atoms with Gasteiger partial charge in [-0.3, -0.25) is 14.3 Å². The molecule has 1 aromatic heterocycles. The topological polar surface area (TPSA) is 131 Å². The summed E-state index contributed by atoms with van der Waals surface area (Å²) in [5.74, 6) is 1.26. The van der Waals surface area contributed by atoms with Crippen LogP contribution in [0.4, 0.5) is 11.4 Å². The summed E-state index contributed by atoms with van der Waals surface area (Å²) in [6, 6.07) is 22.1. The number of aliphatic hydroxyl groups excluding tert-OH is 1. The van der Waals surface area contributed by atoms with E-state index in [2.05, 4.69) is 47.8 Å². The average molecular weight is 725 g/mol. The van der Waals surface area contributed by atoms with Gasteiger partial charge in [0.25, 0.3) is 5.91 Å². The zero-order valence-electron chi connectivity index (χ0n) is 30.5. The van der Waals surface area contributed by atoms with Gasteiger partial charge in [0.15, 0.2) is 5.60 Å². The van der Waals surface area contributed by atoms with Gasteiger partial charge < -0.3 is 34.4 Å². The number of piperazine rings is 1. The van der Waals surface area contributed by atoms with Crippen LogP contribution in [0.15, 0.2) is 72.9 Å². The van der Waals surface area contributed by atoms with Gasteiger partial charge in [-0.2, -0.15) is 0 Å². The molecule has 0 unspecified atom stereocenters. The van der Waals surface area contributed by atoms with Gasteiger partial charge in [-0.25, -0.2) is 0 Å². The van der Waals surface area contributed by atoms with Gasteiger partial charge in [-0.15, -0.1) is 5.10 Å². The maximum atomic E-state index is 15.2. The molecule has 0 radical (unpaired) electrons. The Morgan fingerprint density at radius 3 is 2.44 bits per heavy atom. The standard InChI is InChI=1S/C39H48N6O6Si/c1-26-37(52(4,5)32-13-10-30(49-2)11-14-32)35(16-19-43-25-28(17-21-46)41-42-43)51-39(26)33-22-31(50-3)12-15-34(33)45(38(39)48)24-27-6-8-29(9-7-27)44-20-18-40-23-36(44)47/h6-15,22,25-26,35,37,40,46H,16-21,23-24H2,1-5H3/t26-,35+,37-,39+/m1/s1. The Balaban J connectivity index is 1.25. The third-order valence-electron chi connectivity index (χ3n) is 11.3. The molecule has 2 fully saturated rings. The van der Waals surface area contributed by atoms with Gasteiger partial charge in [-0.1, -0.05) is 54.7 Å². The lowest BCUT2D eigenvalue weighted by Gasteiger charge is -2.37. The van der Waals surface area contributed by atoms with Gasteiger partial charge in [0.1, 0.15) is 11.5 Å². The monoisotopic (exact) mass is 724 g/mol. The number of anilines is 2. The number of hydrogen-bond acceptors (Lipinski definition) is 9. The molecule has 4 heterocycles. The first-order valence-electron chi connectivity index (χ1n) is 18.0. The molecule has 52 heavy (non-hydrogen) atoms. The minimum Gasteiger partial charge on any atom is -0.497 e. The SMILES string of the molecule is COc1ccc([Si](C)(C)[C@H]2[C@H](CCn3cc(CCO)nn3)O[C@@]3(C(=O)N(Cc4ccc(N5CCNCC5=O)cc4)c4ccc(OC)cc43)[C@@H]2C)cc1. The van der Waals surface area contributed by atoms with Crippen LogP contribution in [-0.2, 0) is 39.4 Å². The molecule has 13 heteroatoms. The minimum atomic E-state index is -2.34. The highest BCUT2D eigenvalue weighted by atomic mass is 28.3. The van der Waals surface area contributed by atoms with E-state index in [1.807, 2.05) is 65.7 Å². The number of aromatic nitrogens is 3. The third kappa shape index (κ3) is 6.29. The number of benzene rings is 3.